The van der Waals surface area contributed by atoms with Gasteiger partial charge >= 0.3 is 5.97 Å². The molecule has 0 saturated heterocycles. The van der Waals surface area contributed by atoms with E-state index in [0.717, 1.165) is 31.4 Å². The van der Waals surface area contributed by atoms with E-state index in [0.29, 0.717) is 12.8 Å². The minimum Gasteiger partial charge on any atom is -0.503 e. The van der Waals surface area contributed by atoms with E-state index in [4.69, 9.17) is 5.11 Å². The number of hydrogen-bond acceptors (Lipinski definition) is 2. The van der Waals surface area contributed by atoms with Gasteiger partial charge in [-0.15, -0.1) is 0 Å². The lowest BCUT2D eigenvalue weighted by Gasteiger charge is -2.33. The van der Waals surface area contributed by atoms with Crippen LogP contribution in [0.15, 0.2) is 12.1 Å². The third kappa shape index (κ3) is 1.94. The maximum absolute atomic E-state index is 13.3. The van der Waals surface area contributed by atoms with Crippen LogP contribution in [0.25, 0.3) is 0 Å². The molecule has 2 rings (SSSR count). The third-order valence-electron chi connectivity index (χ3n) is 3.69. The van der Waals surface area contributed by atoms with E-state index in [1.165, 1.54) is 0 Å². The Labute approximate surface area is 103 Å². The van der Waals surface area contributed by atoms with Crippen molar-refractivity contribution >= 4 is 5.97 Å². The molecule has 0 amide bonds. The molecule has 0 aromatic heterocycles. The highest BCUT2D eigenvalue weighted by atomic mass is 19.1. The highest BCUT2D eigenvalue weighted by Crippen LogP contribution is 2.41. The lowest BCUT2D eigenvalue weighted by atomic mass is 9.69. The molecular formula is C13H14F2O3. The molecule has 0 bridgehead atoms. The Morgan fingerprint density at radius 1 is 1.11 bits per heavy atom. The Kier molecular flexibility index (Phi) is 3.24. The Bertz CT molecular complexity index is 456. The number of aliphatic carboxylic acids is 1. The second-order valence-electron chi connectivity index (χ2n) is 4.74. The number of rotatable bonds is 2. The summed E-state index contributed by atoms with van der Waals surface area (Å²) in [6.45, 7) is 0. The Morgan fingerprint density at radius 2 is 1.61 bits per heavy atom. The first-order valence-corrected chi connectivity index (χ1v) is 5.89. The van der Waals surface area contributed by atoms with Gasteiger partial charge in [0.2, 0.25) is 0 Å². The molecule has 0 radical (unpaired) electrons. The Balaban J connectivity index is 2.52. The highest BCUT2D eigenvalue weighted by Gasteiger charge is 2.42. The number of carbonyl (C=O) groups is 1. The molecule has 0 atom stereocenters. The third-order valence-corrected chi connectivity index (χ3v) is 3.69. The van der Waals surface area contributed by atoms with Crippen molar-refractivity contribution in [3.63, 3.8) is 0 Å². The molecule has 0 aliphatic heterocycles. The van der Waals surface area contributed by atoms with Gasteiger partial charge < -0.3 is 10.2 Å². The van der Waals surface area contributed by atoms with Crippen LogP contribution in [0, 0.1) is 11.6 Å². The van der Waals surface area contributed by atoms with E-state index in [1.807, 2.05) is 0 Å². The summed E-state index contributed by atoms with van der Waals surface area (Å²) < 4.78 is 26.7. The van der Waals surface area contributed by atoms with Crippen molar-refractivity contribution in [2.75, 3.05) is 0 Å². The highest BCUT2D eigenvalue weighted by molar-refractivity contribution is 5.81. The minimum absolute atomic E-state index is 0.0995. The molecule has 1 fully saturated rings. The van der Waals surface area contributed by atoms with Gasteiger partial charge in [0.25, 0.3) is 0 Å². The monoisotopic (exact) mass is 256 g/mol. The van der Waals surface area contributed by atoms with Gasteiger partial charge in [-0.25, -0.2) is 8.78 Å². The Morgan fingerprint density at radius 3 is 2.06 bits per heavy atom. The molecule has 1 aliphatic rings. The molecule has 1 aliphatic carbocycles. The first-order chi connectivity index (χ1) is 8.47. The van der Waals surface area contributed by atoms with Crippen molar-refractivity contribution in [1.29, 1.82) is 0 Å². The van der Waals surface area contributed by atoms with Crippen molar-refractivity contribution in [3.8, 4) is 5.75 Å². The van der Waals surface area contributed by atoms with Gasteiger partial charge in [-0.2, -0.15) is 0 Å². The van der Waals surface area contributed by atoms with E-state index in [-0.39, 0.29) is 5.56 Å². The van der Waals surface area contributed by atoms with Crippen molar-refractivity contribution in [2.45, 2.75) is 37.5 Å². The summed E-state index contributed by atoms with van der Waals surface area (Å²) in [6, 6.07) is 1.86. The zero-order valence-corrected chi connectivity index (χ0v) is 9.75. The molecule has 0 heterocycles. The van der Waals surface area contributed by atoms with Crippen LogP contribution in [0.4, 0.5) is 8.78 Å². The average Bonchev–Trinajstić information content (AvgIpc) is 2.36. The summed E-state index contributed by atoms with van der Waals surface area (Å²) in [7, 11) is 0. The van der Waals surface area contributed by atoms with E-state index < -0.39 is 28.8 Å². The van der Waals surface area contributed by atoms with Crippen molar-refractivity contribution in [2.24, 2.45) is 0 Å². The summed E-state index contributed by atoms with van der Waals surface area (Å²) in [5.74, 6) is -4.35. The molecule has 98 valence electrons. The van der Waals surface area contributed by atoms with Crippen LogP contribution in [0.3, 0.4) is 0 Å². The number of aromatic hydroxyl groups is 1. The first-order valence-electron chi connectivity index (χ1n) is 5.89. The predicted octanol–water partition coefficient (Wildman–Crippen LogP) is 2.96. The predicted molar refractivity (Wildman–Crippen MR) is 60.4 cm³/mol. The second-order valence-corrected chi connectivity index (χ2v) is 4.74. The van der Waals surface area contributed by atoms with E-state index in [2.05, 4.69) is 0 Å². The minimum atomic E-state index is -1.23. The number of phenolic OH excluding ortho intramolecular Hbond substituents is 1. The van der Waals surface area contributed by atoms with Crippen molar-refractivity contribution in [1.82, 2.24) is 0 Å². The van der Waals surface area contributed by atoms with Gasteiger partial charge in [0.15, 0.2) is 17.4 Å². The number of carboxylic acid groups (broad SMARTS) is 1. The fourth-order valence-electron chi connectivity index (χ4n) is 2.62. The van der Waals surface area contributed by atoms with Gasteiger partial charge in [-0.3, -0.25) is 4.79 Å². The van der Waals surface area contributed by atoms with Crippen molar-refractivity contribution < 1.29 is 23.8 Å². The smallest absolute Gasteiger partial charge is 0.314 e. The molecule has 0 unspecified atom stereocenters. The molecule has 5 heteroatoms. The van der Waals surface area contributed by atoms with Crippen molar-refractivity contribution in [3.05, 3.63) is 29.3 Å². The SMILES string of the molecule is O=C(O)C1(c2cc(F)c(O)c(F)c2)CCCCC1. The van der Waals surface area contributed by atoms with Crippen LogP contribution in [0.5, 0.6) is 5.75 Å². The van der Waals surface area contributed by atoms with Crippen LogP contribution in [-0.2, 0) is 10.2 Å². The Hall–Kier alpha value is -1.65. The molecule has 0 spiro atoms. The lowest BCUT2D eigenvalue weighted by Crippen LogP contribution is -2.38. The van der Waals surface area contributed by atoms with Crippen LogP contribution in [-0.4, -0.2) is 16.2 Å². The number of phenols is 1. The molecule has 2 N–H and O–H groups in total. The molecule has 1 saturated carbocycles. The lowest BCUT2D eigenvalue weighted by molar-refractivity contribution is -0.145. The first kappa shape index (κ1) is 12.8. The molecular weight excluding hydrogens is 242 g/mol. The van der Waals surface area contributed by atoms with E-state index >= 15 is 0 Å². The van der Waals surface area contributed by atoms with Gasteiger partial charge in [-0.1, -0.05) is 19.3 Å². The number of benzene rings is 1. The summed E-state index contributed by atoms with van der Waals surface area (Å²) in [4.78, 5) is 11.5. The molecule has 1 aromatic rings. The number of carboxylic acids is 1. The topological polar surface area (TPSA) is 57.5 Å². The summed E-state index contributed by atoms with van der Waals surface area (Å²) >= 11 is 0. The molecule has 3 nitrogen and oxygen atoms in total. The quantitative estimate of drug-likeness (QED) is 0.855. The maximum atomic E-state index is 13.3. The molecule has 1 aromatic carbocycles. The maximum Gasteiger partial charge on any atom is 0.314 e. The van der Waals surface area contributed by atoms with Gasteiger partial charge in [0.05, 0.1) is 5.41 Å². The zero-order valence-electron chi connectivity index (χ0n) is 9.75. The summed E-state index contributed by atoms with van der Waals surface area (Å²) in [5, 5.41) is 18.4. The zero-order chi connectivity index (χ0) is 13.3. The number of hydrogen-bond donors (Lipinski definition) is 2. The van der Waals surface area contributed by atoms with Crippen LogP contribution in [0.1, 0.15) is 37.7 Å². The van der Waals surface area contributed by atoms with Gasteiger partial charge in [0, 0.05) is 0 Å². The normalized spacial score (nSPS) is 18.6. The van der Waals surface area contributed by atoms with E-state index in [1.54, 1.807) is 0 Å². The summed E-state index contributed by atoms with van der Waals surface area (Å²) in [6.07, 6.45) is 3.10. The van der Waals surface area contributed by atoms with Crippen LogP contribution >= 0.6 is 0 Å². The fraction of sp³-hybridized carbons (Fsp3) is 0.462. The fourth-order valence-corrected chi connectivity index (χ4v) is 2.62. The van der Waals surface area contributed by atoms with E-state index in [9.17, 15) is 18.7 Å². The van der Waals surface area contributed by atoms with Crippen LogP contribution < -0.4 is 0 Å². The summed E-state index contributed by atoms with van der Waals surface area (Å²) in [5.41, 5.74) is -1.13. The molecule has 18 heavy (non-hydrogen) atoms. The van der Waals surface area contributed by atoms with Crippen LogP contribution in [0.2, 0.25) is 0 Å². The average molecular weight is 256 g/mol. The standard InChI is InChI=1S/C13H14F2O3/c14-9-6-8(7-10(15)11(9)16)13(12(17)18)4-2-1-3-5-13/h6-7,16H,1-5H2,(H,17,18). The second kappa shape index (κ2) is 4.55. The number of halogens is 2. The van der Waals surface area contributed by atoms with Gasteiger partial charge in [-0.05, 0) is 30.5 Å². The largest absolute Gasteiger partial charge is 0.503 e. The van der Waals surface area contributed by atoms with Gasteiger partial charge in [0.1, 0.15) is 0 Å².